The lowest BCUT2D eigenvalue weighted by Crippen LogP contribution is -2.34. The van der Waals surface area contributed by atoms with Crippen molar-refractivity contribution in [3.8, 4) is 0 Å². The molecule has 0 aromatic heterocycles. The molecule has 4 atom stereocenters. The summed E-state index contributed by atoms with van der Waals surface area (Å²) >= 11 is 0. The van der Waals surface area contributed by atoms with E-state index in [2.05, 4.69) is 28.1 Å². The van der Waals surface area contributed by atoms with E-state index in [0.717, 1.165) is 20.4 Å². The van der Waals surface area contributed by atoms with E-state index in [0.29, 0.717) is 0 Å². The van der Waals surface area contributed by atoms with Gasteiger partial charge in [0.2, 0.25) is 0 Å². The normalized spacial score (nSPS) is 20.7. The number of aliphatic hydroxyl groups excluding tert-OH is 1. The highest BCUT2D eigenvalue weighted by Crippen LogP contribution is 2.41. The molecular formula is C8H17NO10P2-2. The van der Waals surface area contributed by atoms with Crippen molar-refractivity contribution in [3.05, 3.63) is 0 Å². The summed E-state index contributed by atoms with van der Waals surface area (Å²) in [4.78, 5) is 26.6. The van der Waals surface area contributed by atoms with Gasteiger partial charge in [0.15, 0.2) is 0 Å². The Hall–Kier alpha value is -0.350. The molecule has 0 aliphatic carbocycles. The molecule has 126 valence electrons. The SMILES string of the molecule is CO/N=C\CC(OP(=O)([O-])OC)[C@H](O)COP(=O)([O-])OC. The number of aliphatic hydroxyl groups is 1. The second-order valence-electron chi connectivity index (χ2n) is 3.47. The second-order valence-corrected chi connectivity index (χ2v) is 6.46. The van der Waals surface area contributed by atoms with Gasteiger partial charge in [-0.25, -0.2) is 0 Å². The Bertz CT molecular complexity index is 416. The molecule has 13 heteroatoms. The quantitative estimate of drug-likeness (QED) is 0.278. The smallest absolute Gasteiger partial charge is 0.267 e. The van der Waals surface area contributed by atoms with Crippen LogP contribution in [0, 0.1) is 0 Å². The highest BCUT2D eigenvalue weighted by Gasteiger charge is 2.26. The average molecular weight is 349 g/mol. The van der Waals surface area contributed by atoms with Gasteiger partial charge in [-0.2, -0.15) is 0 Å². The summed E-state index contributed by atoms with van der Waals surface area (Å²) in [7, 11) is -6.21. The monoisotopic (exact) mass is 349 g/mol. The topological polar surface area (TPSA) is 159 Å². The summed E-state index contributed by atoms with van der Waals surface area (Å²) in [5.74, 6) is 0. The summed E-state index contributed by atoms with van der Waals surface area (Å²) in [6.45, 7) is -0.774. The van der Waals surface area contributed by atoms with Crippen molar-refractivity contribution in [1.29, 1.82) is 0 Å². The van der Waals surface area contributed by atoms with Crippen molar-refractivity contribution < 1.29 is 47.0 Å². The summed E-state index contributed by atoms with van der Waals surface area (Å²) in [5, 5.41) is 13.1. The maximum atomic E-state index is 11.2. The maximum Gasteiger partial charge on any atom is 0.267 e. The molecule has 0 radical (unpaired) electrons. The lowest BCUT2D eigenvalue weighted by atomic mass is 10.2. The number of phosphoric acid groups is 2. The Balaban J connectivity index is 4.73. The fourth-order valence-corrected chi connectivity index (χ4v) is 2.11. The molecular weight excluding hydrogens is 332 g/mol. The fraction of sp³-hybridized carbons (Fsp3) is 0.875. The van der Waals surface area contributed by atoms with Gasteiger partial charge in [0.1, 0.15) is 13.2 Å². The third kappa shape index (κ3) is 9.30. The molecule has 0 heterocycles. The Kier molecular flexibility index (Phi) is 9.46. The largest absolute Gasteiger partial charge is 0.756 e. The van der Waals surface area contributed by atoms with Crippen molar-refractivity contribution in [2.24, 2.45) is 5.16 Å². The van der Waals surface area contributed by atoms with E-state index in [1.807, 2.05) is 0 Å². The van der Waals surface area contributed by atoms with Gasteiger partial charge >= 0.3 is 0 Å². The van der Waals surface area contributed by atoms with Gasteiger partial charge in [-0.15, -0.1) is 0 Å². The minimum Gasteiger partial charge on any atom is -0.756 e. The fourth-order valence-electron chi connectivity index (χ4n) is 1.03. The number of nitrogens with zero attached hydrogens (tertiary/aromatic N) is 1. The number of rotatable bonds is 11. The van der Waals surface area contributed by atoms with Crippen LogP contribution in [0.4, 0.5) is 0 Å². The van der Waals surface area contributed by atoms with Crippen LogP contribution in [0.3, 0.4) is 0 Å². The summed E-state index contributed by atoms with van der Waals surface area (Å²) in [6, 6.07) is 0. The Morgan fingerprint density at radius 1 is 1.19 bits per heavy atom. The summed E-state index contributed by atoms with van der Waals surface area (Å²) in [6.07, 6.45) is -2.08. The Morgan fingerprint density at radius 3 is 2.24 bits per heavy atom. The molecule has 21 heavy (non-hydrogen) atoms. The molecule has 0 aliphatic heterocycles. The molecule has 0 aliphatic rings. The molecule has 0 fully saturated rings. The number of hydrogen-bond donors (Lipinski definition) is 1. The van der Waals surface area contributed by atoms with Gasteiger partial charge in [-0.1, -0.05) is 5.16 Å². The van der Waals surface area contributed by atoms with E-state index < -0.39 is 34.5 Å². The van der Waals surface area contributed by atoms with E-state index in [4.69, 9.17) is 0 Å². The van der Waals surface area contributed by atoms with Crippen molar-refractivity contribution >= 4 is 21.9 Å². The molecule has 0 saturated carbocycles. The van der Waals surface area contributed by atoms with E-state index in [9.17, 15) is 24.0 Å². The van der Waals surface area contributed by atoms with Crippen molar-refractivity contribution in [1.82, 2.24) is 0 Å². The molecule has 0 saturated heterocycles. The van der Waals surface area contributed by atoms with Crippen LogP contribution in [0.2, 0.25) is 0 Å². The zero-order valence-corrected chi connectivity index (χ0v) is 13.4. The first kappa shape index (κ1) is 20.6. The molecule has 11 nitrogen and oxygen atoms in total. The van der Waals surface area contributed by atoms with E-state index in [1.165, 1.54) is 7.11 Å². The van der Waals surface area contributed by atoms with E-state index in [-0.39, 0.29) is 6.42 Å². The van der Waals surface area contributed by atoms with Crippen molar-refractivity contribution in [2.45, 2.75) is 18.6 Å². The number of oxime groups is 1. The average Bonchev–Trinajstić information content (AvgIpc) is 2.44. The van der Waals surface area contributed by atoms with E-state index >= 15 is 0 Å². The molecule has 3 unspecified atom stereocenters. The predicted octanol–water partition coefficient (Wildman–Crippen LogP) is -0.999. The van der Waals surface area contributed by atoms with Gasteiger partial charge < -0.3 is 37.8 Å². The number of phosphoric ester groups is 2. The van der Waals surface area contributed by atoms with Gasteiger partial charge in [-0.05, 0) is 0 Å². The molecule has 0 rings (SSSR count). The predicted molar refractivity (Wildman–Crippen MR) is 66.2 cm³/mol. The van der Waals surface area contributed by atoms with Crippen LogP contribution in [0.25, 0.3) is 0 Å². The first-order chi connectivity index (χ1) is 9.67. The minimum atomic E-state index is -4.65. The van der Waals surface area contributed by atoms with Crippen LogP contribution < -0.4 is 9.79 Å². The molecule has 0 bridgehead atoms. The maximum absolute atomic E-state index is 11.2. The van der Waals surface area contributed by atoms with Crippen LogP contribution in [0.5, 0.6) is 0 Å². The van der Waals surface area contributed by atoms with Crippen LogP contribution >= 0.6 is 15.6 Å². The Morgan fingerprint density at radius 2 is 1.76 bits per heavy atom. The molecule has 0 amide bonds. The van der Waals surface area contributed by atoms with Gasteiger partial charge in [0.25, 0.3) is 15.6 Å². The van der Waals surface area contributed by atoms with Crippen LogP contribution in [0.15, 0.2) is 5.16 Å². The molecule has 0 aromatic carbocycles. The van der Waals surface area contributed by atoms with Crippen LogP contribution in [0.1, 0.15) is 6.42 Å². The lowest BCUT2D eigenvalue weighted by Gasteiger charge is -2.30. The zero-order chi connectivity index (χ0) is 16.5. The van der Waals surface area contributed by atoms with Crippen LogP contribution in [-0.4, -0.2) is 51.5 Å². The number of hydrogen-bond acceptors (Lipinski definition) is 11. The summed E-state index contributed by atoms with van der Waals surface area (Å²) in [5.41, 5.74) is 0. The van der Waals surface area contributed by atoms with E-state index in [1.54, 1.807) is 0 Å². The molecule has 0 aromatic rings. The first-order valence-electron chi connectivity index (χ1n) is 5.47. The zero-order valence-electron chi connectivity index (χ0n) is 11.6. The standard InChI is InChI=1S/C8H19NO10P2/c1-15-9-5-4-8(19-21(13,14)17-3)7(10)6-18-20(11,12)16-2/h5,7-8,10H,4,6H2,1-3H3,(H,11,12)(H,13,14)/p-2/b9-5-/t7-,8?/m1/s1. The Labute approximate surface area is 121 Å². The van der Waals surface area contributed by atoms with Crippen LogP contribution in [-0.2, 0) is 32.1 Å². The van der Waals surface area contributed by atoms with Gasteiger partial charge in [0.05, 0.1) is 12.7 Å². The summed E-state index contributed by atoms with van der Waals surface area (Å²) < 4.78 is 39.2. The van der Waals surface area contributed by atoms with Gasteiger partial charge in [-0.3, -0.25) is 9.13 Å². The second kappa shape index (κ2) is 9.62. The third-order valence-corrected chi connectivity index (χ3v) is 3.95. The highest BCUT2D eigenvalue weighted by atomic mass is 31.2. The highest BCUT2D eigenvalue weighted by molar-refractivity contribution is 7.46. The molecule has 0 spiro atoms. The van der Waals surface area contributed by atoms with Gasteiger partial charge in [0, 0.05) is 26.9 Å². The minimum absolute atomic E-state index is 0.204. The van der Waals surface area contributed by atoms with Crippen molar-refractivity contribution in [2.75, 3.05) is 27.9 Å². The lowest BCUT2D eigenvalue weighted by molar-refractivity contribution is -0.233. The van der Waals surface area contributed by atoms with Crippen molar-refractivity contribution in [3.63, 3.8) is 0 Å². The molecule has 1 N–H and O–H groups in total. The third-order valence-electron chi connectivity index (χ3n) is 2.06. The first-order valence-corrected chi connectivity index (χ1v) is 8.39.